The van der Waals surface area contributed by atoms with E-state index in [0.717, 1.165) is 6.20 Å². The first-order valence-corrected chi connectivity index (χ1v) is 4.26. The molecule has 5 nitrogen and oxygen atoms in total. The molecule has 0 aliphatic carbocycles. The van der Waals surface area contributed by atoms with E-state index in [1.165, 1.54) is 6.92 Å². The van der Waals surface area contributed by atoms with Crippen LogP contribution in [0.5, 0.6) is 0 Å². The molecule has 0 saturated heterocycles. The fraction of sp³-hybridized carbons (Fsp3) is 0.400. The summed E-state index contributed by atoms with van der Waals surface area (Å²) in [5, 5.41) is 8.30. The summed E-state index contributed by atoms with van der Waals surface area (Å²) in [6, 6.07) is 0. The lowest BCUT2D eigenvalue weighted by molar-refractivity contribution is 0.596. The molecule has 0 radical (unpaired) electrons. The molecule has 0 aliphatic heterocycles. The number of nitrogens with zero attached hydrogens (tertiary/aromatic N) is 2. The lowest BCUT2D eigenvalue weighted by Gasteiger charge is -1.95. The molecule has 0 bridgehead atoms. The summed E-state index contributed by atoms with van der Waals surface area (Å²) in [5.41, 5.74) is 0.00694. The standard InChI is InChI=1S/C5H9N3O2S/c1-4-5(11(6,9)10)3-7-8(4)2/h3H,1-2H3,(H2,6,9,10)/i2D3. The molecule has 6 heteroatoms. The largest absolute Gasteiger partial charge is 0.272 e. The van der Waals surface area contributed by atoms with Crippen LogP contribution in [0.1, 0.15) is 9.81 Å². The van der Waals surface area contributed by atoms with Crippen LogP contribution in [0, 0.1) is 6.92 Å². The Hall–Kier alpha value is -0.880. The Morgan fingerprint density at radius 3 is 2.73 bits per heavy atom. The van der Waals surface area contributed by atoms with Gasteiger partial charge in [-0.2, -0.15) is 5.10 Å². The number of aromatic nitrogens is 2. The van der Waals surface area contributed by atoms with E-state index in [0.29, 0.717) is 4.68 Å². The third-order valence-electron chi connectivity index (χ3n) is 1.27. The fourth-order valence-electron chi connectivity index (χ4n) is 0.674. The monoisotopic (exact) mass is 178 g/mol. The van der Waals surface area contributed by atoms with Crippen LogP contribution in [0.2, 0.25) is 0 Å². The summed E-state index contributed by atoms with van der Waals surface area (Å²) in [4.78, 5) is -0.270. The number of hydrogen-bond donors (Lipinski definition) is 1. The normalized spacial score (nSPS) is 17.1. The Balaban J connectivity index is 3.37. The van der Waals surface area contributed by atoms with Gasteiger partial charge in [0.1, 0.15) is 4.90 Å². The van der Waals surface area contributed by atoms with Crippen LogP contribution < -0.4 is 5.14 Å². The second kappa shape index (κ2) is 2.31. The van der Waals surface area contributed by atoms with Gasteiger partial charge in [0.25, 0.3) is 0 Å². The highest BCUT2D eigenvalue weighted by molar-refractivity contribution is 7.89. The maximum absolute atomic E-state index is 10.9. The van der Waals surface area contributed by atoms with Gasteiger partial charge in [-0.25, -0.2) is 13.6 Å². The first-order valence-electron chi connectivity index (χ1n) is 4.22. The molecule has 1 heterocycles. The molecule has 0 saturated carbocycles. The lowest BCUT2D eigenvalue weighted by Crippen LogP contribution is -2.12. The number of nitrogens with two attached hydrogens (primary N) is 1. The molecule has 0 unspecified atom stereocenters. The average molecular weight is 178 g/mol. The van der Waals surface area contributed by atoms with Gasteiger partial charge in [-0.1, -0.05) is 0 Å². The van der Waals surface area contributed by atoms with Crippen molar-refractivity contribution in [2.24, 2.45) is 12.1 Å². The summed E-state index contributed by atoms with van der Waals surface area (Å²) in [6.45, 7) is -1.16. The molecule has 0 spiro atoms. The molecule has 0 fully saturated rings. The van der Waals surface area contributed by atoms with E-state index >= 15 is 0 Å². The van der Waals surface area contributed by atoms with Gasteiger partial charge in [-0.05, 0) is 6.92 Å². The molecule has 1 aromatic rings. The van der Waals surface area contributed by atoms with Gasteiger partial charge in [0.15, 0.2) is 0 Å². The van der Waals surface area contributed by atoms with Crippen molar-refractivity contribution in [1.29, 1.82) is 0 Å². The Kier molecular flexibility index (Phi) is 1.03. The molecule has 11 heavy (non-hydrogen) atoms. The number of sulfonamides is 1. The number of aryl methyl sites for hydroxylation is 1. The van der Waals surface area contributed by atoms with Gasteiger partial charge in [0.2, 0.25) is 10.0 Å². The second-order valence-electron chi connectivity index (χ2n) is 2.05. The SMILES string of the molecule is [2H]C([2H])([2H])n1ncc(S(N)(=O)=O)c1C. The maximum Gasteiger partial charge on any atom is 0.241 e. The highest BCUT2D eigenvalue weighted by atomic mass is 32.2. The van der Waals surface area contributed by atoms with Crippen LogP contribution >= 0.6 is 0 Å². The zero-order valence-corrected chi connectivity index (χ0v) is 6.59. The van der Waals surface area contributed by atoms with Crippen molar-refractivity contribution < 1.29 is 12.5 Å². The summed E-state index contributed by atoms with van der Waals surface area (Å²) in [7, 11) is -3.91. The minimum Gasteiger partial charge on any atom is -0.272 e. The molecular weight excluding hydrogens is 166 g/mol. The number of rotatable bonds is 1. The third-order valence-corrected chi connectivity index (χ3v) is 2.29. The molecule has 2 N–H and O–H groups in total. The third kappa shape index (κ3) is 1.41. The van der Waals surface area contributed by atoms with Gasteiger partial charge in [-0.15, -0.1) is 0 Å². The van der Waals surface area contributed by atoms with Gasteiger partial charge < -0.3 is 0 Å². The lowest BCUT2D eigenvalue weighted by atomic mass is 10.5. The number of primary sulfonamides is 1. The van der Waals surface area contributed by atoms with Crippen molar-refractivity contribution in [2.75, 3.05) is 0 Å². The number of hydrogen-bond acceptors (Lipinski definition) is 3. The van der Waals surface area contributed by atoms with Crippen molar-refractivity contribution in [3.63, 3.8) is 0 Å². The Labute approximate surface area is 69.1 Å². The second-order valence-corrected chi connectivity index (χ2v) is 3.58. The first-order chi connectivity index (χ1) is 6.14. The van der Waals surface area contributed by atoms with E-state index in [2.05, 4.69) is 5.10 Å². The average Bonchev–Trinajstić information content (AvgIpc) is 2.26. The summed E-state index contributed by atoms with van der Waals surface area (Å²) < 4.78 is 43.6. The summed E-state index contributed by atoms with van der Waals surface area (Å²) in [6.07, 6.45) is 0.928. The van der Waals surface area contributed by atoms with Crippen LogP contribution in [0.3, 0.4) is 0 Å². The minimum atomic E-state index is -3.91. The van der Waals surface area contributed by atoms with Crippen LogP contribution in [0.4, 0.5) is 0 Å². The minimum absolute atomic E-state index is 0.00694. The zero-order chi connectivity index (χ0) is 11.1. The van der Waals surface area contributed by atoms with E-state index in [-0.39, 0.29) is 10.6 Å². The fourth-order valence-corrected chi connectivity index (χ4v) is 1.37. The molecule has 0 atom stereocenters. The van der Waals surface area contributed by atoms with Gasteiger partial charge in [-0.3, -0.25) is 4.68 Å². The van der Waals surface area contributed by atoms with E-state index in [4.69, 9.17) is 9.25 Å². The highest BCUT2D eigenvalue weighted by Gasteiger charge is 2.14. The van der Waals surface area contributed by atoms with Gasteiger partial charge in [0, 0.05) is 11.1 Å². The highest BCUT2D eigenvalue weighted by Crippen LogP contribution is 2.09. The Morgan fingerprint density at radius 1 is 1.82 bits per heavy atom. The Bertz CT molecular complexity index is 447. The van der Waals surface area contributed by atoms with Crippen molar-refractivity contribution in [2.45, 2.75) is 11.8 Å². The van der Waals surface area contributed by atoms with E-state index in [1.807, 2.05) is 0 Å². The maximum atomic E-state index is 10.9. The predicted octanol–water partition coefficient (Wildman–Crippen LogP) is -0.624. The molecular formula is C5H9N3O2S. The molecule has 0 aliphatic rings. The smallest absolute Gasteiger partial charge is 0.241 e. The van der Waals surface area contributed by atoms with Crippen molar-refractivity contribution in [1.82, 2.24) is 9.78 Å². The summed E-state index contributed by atoms with van der Waals surface area (Å²) in [5.74, 6) is 0. The Morgan fingerprint density at radius 2 is 2.45 bits per heavy atom. The van der Waals surface area contributed by atoms with Crippen molar-refractivity contribution in [3.05, 3.63) is 11.9 Å². The van der Waals surface area contributed by atoms with Crippen molar-refractivity contribution >= 4 is 10.0 Å². The van der Waals surface area contributed by atoms with Gasteiger partial charge in [0.05, 0.1) is 11.9 Å². The van der Waals surface area contributed by atoms with Crippen molar-refractivity contribution in [3.8, 4) is 0 Å². The van der Waals surface area contributed by atoms with Crippen LogP contribution in [-0.4, -0.2) is 18.2 Å². The van der Waals surface area contributed by atoms with Gasteiger partial charge >= 0.3 is 0 Å². The summed E-state index contributed by atoms with van der Waals surface area (Å²) >= 11 is 0. The molecule has 1 rings (SSSR count). The van der Waals surface area contributed by atoms with E-state index < -0.39 is 17.0 Å². The zero-order valence-electron chi connectivity index (χ0n) is 8.77. The first kappa shape index (κ1) is 4.89. The van der Waals surface area contributed by atoms with Crippen LogP contribution in [-0.2, 0) is 17.0 Å². The molecule has 62 valence electrons. The molecule has 0 amide bonds. The topological polar surface area (TPSA) is 78.0 Å². The molecule has 1 aromatic heterocycles. The van der Waals surface area contributed by atoms with E-state index in [1.54, 1.807) is 0 Å². The van der Waals surface area contributed by atoms with Crippen LogP contribution in [0.25, 0.3) is 0 Å². The van der Waals surface area contributed by atoms with E-state index in [9.17, 15) is 8.42 Å². The quantitative estimate of drug-likeness (QED) is 0.622. The predicted molar refractivity (Wildman–Crippen MR) is 39.3 cm³/mol. The molecule has 0 aromatic carbocycles. The van der Waals surface area contributed by atoms with Crippen LogP contribution in [0.15, 0.2) is 11.1 Å².